The van der Waals surface area contributed by atoms with Crippen LogP contribution in [0.5, 0.6) is 23.0 Å². The number of amides is 1. The Balaban J connectivity index is 1.64. The number of hydrazone groups is 1. The van der Waals surface area contributed by atoms with Crippen molar-refractivity contribution in [2.45, 2.75) is 25.9 Å². The number of nitrogens with zero attached hydrogens (tertiary/aromatic N) is 2. The van der Waals surface area contributed by atoms with Gasteiger partial charge < -0.3 is 28.5 Å². The number of hydrogen-bond acceptors (Lipinski definition) is 10. The van der Waals surface area contributed by atoms with E-state index in [9.17, 15) is 9.59 Å². The SMILES string of the molecule is CCOC(=O)C1=NOC(Cc2c(C=NNC(=O)c3ccccc3)c(OC)c3c(c2OC)OCO3)C1. The summed E-state index contributed by atoms with van der Waals surface area (Å²) in [5.41, 5.74) is 4.29. The molecule has 2 aromatic rings. The molecule has 0 aromatic heterocycles. The summed E-state index contributed by atoms with van der Waals surface area (Å²) in [7, 11) is 2.99. The van der Waals surface area contributed by atoms with E-state index < -0.39 is 12.1 Å². The van der Waals surface area contributed by atoms with E-state index in [1.165, 1.54) is 20.4 Å². The molecule has 2 aliphatic heterocycles. The molecule has 11 nitrogen and oxygen atoms in total. The summed E-state index contributed by atoms with van der Waals surface area (Å²) in [6, 6.07) is 8.70. The van der Waals surface area contributed by atoms with Crippen LogP contribution in [0.1, 0.15) is 34.8 Å². The average molecular weight is 483 g/mol. The molecular weight excluding hydrogens is 458 g/mol. The molecule has 0 radical (unpaired) electrons. The maximum Gasteiger partial charge on any atom is 0.356 e. The first-order valence-corrected chi connectivity index (χ1v) is 10.9. The molecule has 1 N–H and O–H groups in total. The fraction of sp³-hybridized carbons (Fsp3) is 0.333. The van der Waals surface area contributed by atoms with E-state index in [0.29, 0.717) is 39.7 Å². The Morgan fingerprint density at radius 2 is 1.86 bits per heavy atom. The van der Waals surface area contributed by atoms with Crippen molar-refractivity contribution in [2.24, 2.45) is 10.3 Å². The lowest BCUT2D eigenvalue weighted by Gasteiger charge is -2.19. The summed E-state index contributed by atoms with van der Waals surface area (Å²) < 4.78 is 27.5. The van der Waals surface area contributed by atoms with Gasteiger partial charge in [-0.15, -0.1) is 0 Å². The van der Waals surface area contributed by atoms with Gasteiger partial charge in [-0.05, 0) is 19.1 Å². The van der Waals surface area contributed by atoms with Gasteiger partial charge >= 0.3 is 5.97 Å². The number of methoxy groups -OCH3 is 2. The smallest absolute Gasteiger partial charge is 0.356 e. The van der Waals surface area contributed by atoms with Crippen molar-refractivity contribution in [1.82, 2.24) is 5.43 Å². The lowest BCUT2D eigenvalue weighted by atomic mass is 9.96. The Bertz CT molecular complexity index is 1160. The number of ether oxygens (including phenoxy) is 5. The summed E-state index contributed by atoms with van der Waals surface area (Å²) >= 11 is 0. The summed E-state index contributed by atoms with van der Waals surface area (Å²) in [5, 5.41) is 8.00. The summed E-state index contributed by atoms with van der Waals surface area (Å²) in [4.78, 5) is 29.9. The van der Waals surface area contributed by atoms with Gasteiger partial charge in [-0.3, -0.25) is 4.79 Å². The number of carbonyl (C=O) groups is 2. The van der Waals surface area contributed by atoms with Crippen molar-refractivity contribution in [3.63, 3.8) is 0 Å². The molecular formula is C24H25N3O8. The van der Waals surface area contributed by atoms with Crippen LogP contribution in [-0.4, -0.2) is 57.5 Å². The molecule has 0 bridgehead atoms. The second-order valence-corrected chi connectivity index (χ2v) is 7.48. The van der Waals surface area contributed by atoms with Crippen LogP contribution < -0.4 is 24.4 Å². The average Bonchev–Trinajstić information content (AvgIpc) is 3.55. The van der Waals surface area contributed by atoms with Crippen molar-refractivity contribution in [2.75, 3.05) is 27.6 Å². The predicted octanol–water partition coefficient (Wildman–Crippen LogP) is 2.45. The van der Waals surface area contributed by atoms with Crippen LogP contribution in [0, 0.1) is 0 Å². The van der Waals surface area contributed by atoms with E-state index in [1.54, 1.807) is 31.2 Å². The highest BCUT2D eigenvalue weighted by atomic mass is 16.7. The van der Waals surface area contributed by atoms with E-state index in [4.69, 9.17) is 28.5 Å². The fourth-order valence-electron chi connectivity index (χ4n) is 3.80. The molecule has 184 valence electrons. The van der Waals surface area contributed by atoms with Crippen LogP contribution in [0.4, 0.5) is 0 Å². The minimum atomic E-state index is -0.518. The highest BCUT2D eigenvalue weighted by Gasteiger charge is 2.34. The third-order valence-corrected chi connectivity index (χ3v) is 5.35. The van der Waals surface area contributed by atoms with Gasteiger partial charge in [0.15, 0.2) is 17.2 Å². The zero-order valence-electron chi connectivity index (χ0n) is 19.5. The molecule has 0 saturated heterocycles. The fourth-order valence-corrected chi connectivity index (χ4v) is 3.80. The molecule has 35 heavy (non-hydrogen) atoms. The number of esters is 1. The lowest BCUT2D eigenvalue weighted by Crippen LogP contribution is -2.20. The summed E-state index contributed by atoms with van der Waals surface area (Å²) in [6.07, 6.45) is 1.50. The predicted molar refractivity (Wildman–Crippen MR) is 124 cm³/mol. The molecule has 2 heterocycles. The number of fused-ring (bicyclic) bond motifs is 1. The van der Waals surface area contributed by atoms with E-state index in [0.717, 1.165) is 0 Å². The second-order valence-electron chi connectivity index (χ2n) is 7.48. The van der Waals surface area contributed by atoms with Gasteiger partial charge in [0, 0.05) is 29.5 Å². The molecule has 1 amide bonds. The Morgan fingerprint density at radius 1 is 1.14 bits per heavy atom. The molecule has 4 rings (SSSR count). The standard InChI is InChI=1S/C24H25N3O8/c1-4-32-24(29)18-11-15(35-27-18)10-16-17(12-25-26-23(28)14-8-6-5-7-9-14)20(31-3)22-21(19(16)30-2)33-13-34-22/h5-9,12,15H,4,10-11,13H2,1-3H3,(H,26,28). The van der Waals surface area contributed by atoms with Crippen LogP contribution >= 0.6 is 0 Å². The van der Waals surface area contributed by atoms with Gasteiger partial charge in [0.1, 0.15) is 6.10 Å². The number of oxime groups is 1. The third kappa shape index (κ3) is 4.98. The highest BCUT2D eigenvalue weighted by Crippen LogP contribution is 2.52. The van der Waals surface area contributed by atoms with Gasteiger partial charge in [-0.2, -0.15) is 5.10 Å². The van der Waals surface area contributed by atoms with Crippen LogP contribution in [0.15, 0.2) is 40.6 Å². The van der Waals surface area contributed by atoms with Crippen LogP contribution in [0.2, 0.25) is 0 Å². The maximum absolute atomic E-state index is 12.4. The van der Waals surface area contributed by atoms with Gasteiger partial charge in [-0.25, -0.2) is 10.2 Å². The highest BCUT2D eigenvalue weighted by molar-refractivity contribution is 6.36. The van der Waals surface area contributed by atoms with E-state index in [2.05, 4.69) is 15.7 Å². The second kappa shape index (κ2) is 10.8. The molecule has 1 unspecified atom stereocenters. The Kier molecular flexibility index (Phi) is 7.34. The molecule has 0 aliphatic carbocycles. The molecule has 2 aromatic carbocycles. The van der Waals surface area contributed by atoms with E-state index >= 15 is 0 Å². The lowest BCUT2D eigenvalue weighted by molar-refractivity contribution is -0.135. The first kappa shape index (κ1) is 23.9. The Morgan fingerprint density at radius 3 is 2.54 bits per heavy atom. The first-order chi connectivity index (χ1) is 17.1. The number of nitrogens with one attached hydrogen (secondary N) is 1. The normalized spacial score (nSPS) is 16.0. The van der Waals surface area contributed by atoms with Crippen molar-refractivity contribution >= 4 is 23.8 Å². The van der Waals surface area contributed by atoms with Gasteiger partial charge in [0.2, 0.25) is 18.3 Å². The van der Waals surface area contributed by atoms with Crippen molar-refractivity contribution in [3.05, 3.63) is 47.0 Å². The van der Waals surface area contributed by atoms with Crippen LogP contribution in [-0.2, 0) is 20.8 Å². The van der Waals surface area contributed by atoms with E-state index in [-0.39, 0.29) is 37.9 Å². The van der Waals surface area contributed by atoms with E-state index in [1.807, 2.05) is 6.07 Å². The Hall–Kier alpha value is -4.28. The zero-order valence-corrected chi connectivity index (χ0v) is 19.5. The van der Waals surface area contributed by atoms with Crippen molar-refractivity contribution in [1.29, 1.82) is 0 Å². The quantitative estimate of drug-likeness (QED) is 0.327. The minimum Gasteiger partial charge on any atom is -0.492 e. The molecule has 0 saturated carbocycles. The number of hydrogen-bond donors (Lipinski definition) is 1. The summed E-state index contributed by atoms with van der Waals surface area (Å²) in [6.45, 7) is 1.95. The van der Waals surface area contributed by atoms with Crippen LogP contribution in [0.25, 0.3) is 0 Å². The van der Waals surface area contributed by atoms with Crippen molar-refractivity contribution < 1.29 is 38.1 Å². The van der Waals surface area contributed by atoms with Crippen molar-refractivity contribution in [3.8, 4) is 23.0 Å². The third-order valence-electron chi connectivity index (χ3n) is 5.35. The Labute approximate surface area is 201 Å². The molecule has 1 atom stereocenters. The minimum absolute atomic E-state index is 0.0110. The molecule has 2 aliphatic rings. The molecule has 0 fully saturated rings. The molecule has 11 heteroatoms. The largest absolute Gasteiger partial charge is 0.492 e. The van der Waals surface area contributed by atoms with Gasteiger partial charge in [0.25, 0.3) is 5.91 Å². The van der Waals surface area contributed by atoms with Gasteiger partial charge in [-0.1, -0.05) is 23.4 Å². The van der Waals surface area contributed by atoms with Crippen LogP contribution in [0.3, 0.4) is 0 Å². The monoisotopic (exact) mass is 483 g/mol. The number of rotatable bonds is 9. The molecule has 0 spiro atoms. The number of benzene rings is 2. The maximum atomic E-state index is 12.4. The number of carbonyl (C=O) groups excluding carboxylic acids is 2. The summed E-state index contributed by atoms with van der Waals surface area (Å²) in [5.74, 6) is 0.615. The zero-order chi connectivity index (χ0) is 24.8. The first-order valence-electron chi connectivity index (χ1n) is 10.9. The topological polar surface area (TPSA) is 126 Å². The van der Waals surface area contributed by atoms with Gasteiger partial charge in [0.05, 0.1) is 27.0 Å².